The van der Waals surface area contributed by atoms with Crippen LogP contribution in [0.2, 0.25) is 0 Å². The molecule has 246 valence electrons. The number of hydrogen-bond donors (Lipinski definition) is 1. The van der Waals surface area contributed by atoms with Crippen molar-refractivity contribution in [2.45, 2.75) is 116 Å². The fraction of sp³-hybridized carbons (Fsp3) is 0.686. The van der Waals surface area contributed by atoms with E-state index in [2.05, 4.69) is 55.5 Å². The third kappa shape index (κ3) is 25.5. The summed E-state index contributed by atoms with van der Waals surface area (Å²) in [5.41, 5.74) is 0. The van der Waals surface area contributed by atoms with E-state index in [1.54, 1.807) is 0 Å². The lowest BCUT2D eigenvalue weighted by Gasteiger charge is -2.31. The molecule has 0 aromatic rings. The Hall–Kier alpha value is -2.71. The molecule has 8 nitrogen and oxygen atoms in total. The lowest BCUT2D eigenvalue weighted by molar-refractivity contribution is -0.887. The van der Waals surface area contributed by atoms with Gasteiger partial charge in [0, 0.05) is 19.3 Å². The van der Waals surface area contributed by atoms with Gasteiger partial charge in [0.05, 0.1) is 34.4 Å². The average molecular weight is 607 g/mol. The van der Waals surface area contributed by atoms with E-state index in [-0.39, 0.29) is 36.2 Å². The molecule has 1 N–H and O–H groups in total. The summed E-state index contributed by atoms with van der Waals surface area (Å²) >= 11 is 0. The molecule has 0 heterocycles. The summed E-state index contributed by atoms with van der Waals surface area (Å²) in [6.45, 7) is 4.31. The Morgan fingerprint density at radius 2 is 1.30 bits per heavy atom. The van der Waals surface area contributed by atoms with Crippen LogP contribution in [0.4, 0.5) is 0 Å². The number of rotatable bonds is 27. The third-order valence-corrected chi connectivity index (χ3v) is 6.74. The van der Waals surface area contributed by atoms with E-state index < -0.39 is 18.1 Å². The molecular formula is C35H60NO7+. The lowest BCUT2D eigenvalue weighted by Crippen LogP contribution is -2.50. The monoisotopic (exact) mass is 606 g/mol. The maximum Gasteiger partial charge on any atom is 0.362 e. The van der Waals surface area contributed by atoms with E-state index in [4.69, 9.17) is 14.2 Å². The van der Waals surface area contributed by atoms with E-state index in [0.717, 1.165) is 70.6 Å². The first-order valence-electron chi connectivity index (χ1n) is 16.2. The van der Waals surface area contributed by atoms with Crippen molar-refractivity contribution >= 4 is 17.9 Å². The molecule has 0 aromatic carbocycles. The van der Waals surface area contributed by atoms with Crippen LogP contribution in [0, 0.1) is 0 Å². The largest absolute Gasteiger partial charge is 0.477 e. The highest BCUT2D eigenvalue weighted by Gasteiger charge is 2.31. The first kappa shape index (κ1) is 40.3. The number of carbonyl (C=O) groups excluding carboxylic acids is 2. The van der Waals surface area contributed by atoms with Crippen LogP contribution in [0.1, 0.15) is 104 Å². The van der Waals surface area contributed by atoms with Gasteiger partial charge in [0.1, 0.15) is 6.61 Å². The predicted molar refractivity (Wildman–Crippen MR) is 174 cm³/mol. The van der Waals surface area contributed by atoms with E-state index in [9.17, 15) is 19.5 Å². The molecule has 8 heteroatoms. The number of nitrogens with zero attached hydrogens (tertiary/aromatic N) is 1. The van der Waals surface area contributed by atoms with Crippen LogP contribution in [0.3, 0.4) is 0 Å². The molecule has 0 radical (unpaired) electrons. The number of esters is 2. The molecule has 0 fully saturated rings. The minimum atomic E-state index is -0.887. The summed E-state index contributed by atoms with van der Waals surface area (Å²) in [6.07, 6.45) is 28.2. The molecule has 2 atom stereocenters. The number of carboxylic acids is 1. The number of quaternary nitrogens is 1. The molecule has 0 amide bonds. The zero-order chi connectivity index (χ0) is 32.2. The van der Waals surface area contributed by atoms with Gasteiger partial charge in [-0.25, -0.2) is 4.79 Å². The molecule has 0 aliphatic heterocycles. The molecule has 0 spiro atoms. The molecule has 0 saturated heterocycles. The van der Waals surface area contributed by atoms with Gasteiger partial charge in [0.2, 0.25) is 0 Å². The molecular weight excluding hydrogens is 546 g/mol. The highest BCUT2D eigenvalue weighted by molar-refractivity contribution is 5.72. The number of carbonyl (C=O) groups is 3. The standard InChI is InChI=1S/C35H59NO7/c1-6-8-10-11-12-13-14-15-16-17-18-19-20-21-22-23-24-26-34(38)43-31(30-42-33(37)25-9-7-2)29-41-28-27-32(35(39)40)36(3,4)5/h8,10,12-13,15-16,18-19,31-32H,6-7,9,11,14,17,20-30H2,1-5H3/p+1/b10-8-,13-12-,16-15-,19-18-. The second-order valence-electron chi connectivity index (χ2n) is 11.7. The van der Waals surface area contributed by atoms with Crippen molar-refractivity contribution in [2.24, 2.45) is 0 Å². The summed E-state index contributed by atoms with van der Waals surface area (Å²) in [5.74, 6) is -1.55. The minimum Gasteiger partial charge on any atom is -0.477 e. The number of hydrogen-bond acceptors (Lipinski definition) is 6. The van der Waals surface area contributed by atoms with E-state index in [1.807, 2.05) is 28.1 Å². The average Bonchev–Trinajstić information content (AvgIpc) is 2.95. The minimum absolute atomic E-state index is 0.0468. The second kappa shape index (κ2) is 26.9. The highest BCUT2D eigenvalue weighted by atomic mass is 16.6. The van der Waals surface area contributed by atoms with Crippen molar-refractivity contribution in [3.05, 3.63) is 48.6 Å². The smallest absolute Gasteiger partial charge is 0.362 e. The highest BCUT2D eigenvalue weighted by Crippen LogP contribution is 2.11. The number of aliphatic carboxylic acids is 1. The fourth-order valence-corrected chi connectivity index (χ4v) is 4.17. The molecule has 0 rings (SSSR count). The predicted octanol–water partition coefficient (Wildman–Crippen LogP) is 7.34. The Balaban J connectivity index is 4.30. The van der Waals surface area contributed by atoms with Crippen LogP contribution in [-0.2, 0) is 28.6 Å². The second-order valence-corrected chi connectivity index (χ2v) is 11.7. The van der Waals surface area contributed by atoms with Crippen LogP contribution >= 0.6 is 0 Å². The zero-order valence-corrected chi connectivity index (χ0v) is 27.6. The molecule has 0 saturated carbocycles. The van der Waals surface area contributed by atoms with Crippen molar-refractivity contribution in [3.8, 4) is 0 Å². The van der Waals surface area contributed by atoms with Gasteiger partial charge in [-0.2, -0.15) is 0 Å². The Bertz CT molecular complexity index is 855. The third-order valence-electron chi connectivity index (χ3n) is 6.74. The maximum absolute atomic E-state index is 12.5. The van der Waals surface area contributed by atoms with Crippen LogP contribution in [-0.4, -0.2) is 80.6 Å². The molecule has 0 aliphatic rings. The molecule has 0 bridgehead atoms. The molecule has 2 unspecified atom stereocenters. The summed E-state index contributed by atoms with van der Waals surface area (Å²) in [7, 11) is 5.47. The number of carboxylic acid groups (broad SMARTS) is 1. The van der Waals surface area contributed by atoms with Crippen LogP contribution in [0.5, 0.6) is 0 Å². The van der Waals surface area contributed by atoms with E-state index in [0.29, 0.717) is 19.3 Å². The first-order chi connectivity index (χ1) is 20.6. The molecule has 0 aromatic heterocycles. The topological polar surface area (TPSA) is 99.1 Å². The van der Waals surface area contributed by atoms with Gasteiger partial charge in [-0.05, 0) is 51.4 Å². The number of ether oxygens (including phenoxy) is 3. The molecule has 43 heavy (non-hydrogen) atoms. The summed E-state index contributed by atoms with van der Waals surface area (Å²) in [5, 5.41) is 9.49. The zero-order valence-electron chi connectivity index (χ0n) is 27.6. The van der Waals surface area contributed by atoms with Crippen molar-refractivity contribution in [1.29, 1.82) is 0 Å². The van der Waals surface area contributed by atoms with Crippen molar-refractivity contribution in [1.82, 2.24) is 0 Å². The van der Waals surface area contributed by atoms with Gasteiger partial charge in [-0.15, -0.1) is 0 Å². The normalized spacial score (nSPS) is 13.8. The van der Waals surface area contributed by atoms with Gasteiger partial charge in [0.15, 0.2) is 12.1 Å². The van der Waals surface area contributed by atoms with E-state index >= 15 is 0 Å². The van der Waals surface area contributed by atoms with Gasteiger partial charge >= 0.3 is 17.9 Å². The Kier molecular flexibility index (Phi) is 25.2. The van der Waals surface area contributed by atoms with Crippen LogP contribution in [0.25, 0.3) is 0 Å². The Morgan fingerprint density at radius 3 is 1.88 bits per heavy atom. The summed E-state index contributed by atoms with van der Waals surface area (Å²) < 4.78 is 16.8. The van der Waals surface area contributed by atoms with Crippen molar-refractivity contribution < 1.29 is 38.2 Å². The summed E-state index contributed by atoms with van der Waals surface area (Å²) in [6, 6.07) is -0.615. The SMILES string of the molecule is CC/C=C\C/C=C\C/C=C\C/C=C\CCCCCCC(=O)OC(COCCC(C(=O)O)[N+](C)(C)C)COC(=O)CCCC. The number of likely N-dealkylation sites (N-methyl/N-ethyl adjacent to an activating group) is 1. The Labute approximate surface area is 261 Å². The van der Waals surface area contributed by atoms with Crippen molar-refractivity contribution in [2.75, 3.05) is 41.0 Å². The van der Waals surface area contributed by atoms with Crippen LogP contribution in [0.15, 0.2) is 48.6 Å². The van der Waals surface area contributed by atoms with E-state index in [1.165, 1.54) is 0 Å². The van der Waals surface area contributed by atoms with Crippen molar-refractivity contribution in [3.63, 3.8) is 0 Å². The number of allylic oxidation sites excluding steroid dienone is 8. The Morgan fingerprint density at radius 1 is 0.721 bits per heavy atom. The van der Waals surface area contributed by atoms with Gasteiger partial charge in [0.25, 0.3) is 0 Å². The van der Waals surface area contributed by atoms with Gasteiger partial charge < -0.3 is 23.8 Å². The lowest BCUT2D eigenvalue weighted by atomic mass is 10.1. The maximum atomic E-state index is 12.5. The first-order valence-corrected chi connectivity index (χ1v) is 16.2. The number of unbranched alkanes of at least 4 members (excludes halogenated alkanes) is 5. The van der Waals surface area contributed by atoms with Crippen LogP contribution < -0.4 is 0 Å². The van der Waals surface area contributed by atoms with Gasteiger partial charge in [-0.3, -0.25) is 9.59 Å². The fourth-order valence-electron chi connectivity index (χ4n) is 4.17. The summed E-state index contributed by atoms with van der Waals surface area (Å²) in [4.78, 5) is 36.0. The molecule has 0 aliphatic carbocycles. The quantitative estimate of drug-likeness (QED) is 0.0452. The van der Waals surface area contributed by atoms with Gasteiger partial charge in [-0.1, -0.05) is 81.7 Å².